The van der Waals surface area contributed by atoms with Crippen LogP contribution in [-0.4, -0.2) is 25.0 Å². The molecule has 102 valence electrons. The number of nitrogens with zero attached hydrogens (tertiary/aromatic N) is 1. The highest BCUT2D eigenvalue weighted by Gasteiger charge is 2.20. The minimum absolute atomic E-state index is 0.278. The van der Waals surface area contributed by atoms with Crippen molar-refractivity contribution in [3.8, 4) is 0 Å². The van der Waals surface area contributed by atoms with Gasteiger partial charge in [0.1, 0.15) is 5.60 Å². The summed E-state index contributed by atoms with van der Waals surface area (Å²) in [5.74, 6) is 0. The molecule has 1 aromatic carbocycles. The molecule has 1 heterocycles. The van der Waals surface area contributed by atoms with Crippen LogP contribution in [0.4, 0.5) is 4.79 Å². The molecule has 0 radical (unpaired) electrons. The first-order valence-electron chi connectivity index (χ1n) is 5.74. The van der Waals surface area contributed by atoms with Gasteiger partial charge in [-0.15, -0.1) is 0 Å². The van der Waals surface area contributed by atoms with E-state index in [9.17, 15) is 13.6 Å². The van der Waals surface area contributed by atoms with Crippen LogP contribution in [0.1, 0.15) is 20.8 Å². The number of carbonyl (C=O) groups excluding carboxylic acids is 1. The maximum absolute atomic E-state index is 12.0. The molecule has 2 rings (SSSR count). The summed E-state index contributed by atoms with van der Waals surface area (Å²) in [7, 11) is 0. The summed E-state index contributed by atoms with van der Waals surface area (Å²) in [6.45, 7) is 5.35. The average Bonchev–Trinajstić information content (AvgIpc) is 2.69. The molecule has 19 heavy (non-hydrogen) atoms. The van der Waals surface area contributed by atoms with E-state index in [1.165, 1.54) is 10.8 Å². The number of carbonyl (C=O) groups is 1. The highest BCUT2D eigenvalue weighted by molar-refractivity contribution is 7.79. The number of benzene rings is 1. The molecule has 1 N–H and O–H groups in total. The van der Waals surface area contributed by atoms with E-state index >= 15 is 0 Å². The van der Waals surface area contributed by atoms with Gasteiger partial charge >= 0.3 is 6.09 Å². The standard InChI is InChI=1S/C13H15NO4S/c1-13(2,3)18-12(15)14-8-7-9-10(14)5-4-6-11(9)19(16)17/h4-8H,1-3H3,(H,16,17). The summed E-state index contributed by atoms with van der Waals surface area (Å²) in [5.41, 5.74) is -0.0420. The SMILES string of the molecule is CC(C)(C)OC(=O)n1ccc2c(S(=O)O)cccc21. The normalized spacial score (nSPS) is 13.5. The number of fused-ring (bicyclic) bond motifs is 1. The maximum Gasteiger partial charge on any atom is 0.418 e. The van der Waals surface area contributed by atoms with E-state index in [1.54, 1.807) is 45.0 Å². The number of hydrogen-bond donors (Lipinski definition) is 1. The Kier molecular flexibility index (Phi) is 3.47. The van der Waals surface area contributed by atoms with Crippen LogP contribution >= 0.6 is 0 Å². The quantitative estimate of drug-likeness (QED) is 0.816. The van der Waals surface area contributed by atoms with E-state index in [1.807, 2.05) is 0 Å². The summed E-state index contributed by atoms with van der Waals surface area (Å²) < 4.78 is 27.0. The summed E-state index contributed by atoms with van der Waals surface area (Å²) in [6, 6.07) is 6.52. The van der Waals surface area contributed by atoms with Crippen molar-refractivity contribution in [2.45, 2.75) is 31.3 Å². The Hall–Kier alpha value is -1.66. The predicted molar refractivity (Wildman–Crippen MR) is 72.6 cm³/mol. The van der Waals surface area contributed by atoms with E-state index in [2.05, 4.69) is 0 Å². The fraction of sp³-hybridized carbons (Fsp3) is 0.308. The molecule has 0 aliphatic rings. The van der Waals surface area contributed by atoms with Gasteiger partial charge in [0.2, 0.25) is 0 Å². The summed E-state index contributed by atoms with van der Waals surface area (Å²) in [6.07, 6.45) is 1.03. The second kappa shape index (κ2) is 4.79. The fourth-order valence-corrected chi connectivity index (χ4v) is 2.32. The third-order valence-corrected chi connectivity index (χ3v) is 3.20. The highest BCUT2D eigenvalue weighted by atomic mass is 32.2. The molecular weight excluding hydrogens is 266 g/mol. The summed E-state index contributed by atoms with van der Waals surface area (Å²) >= 11 is -2.09. The van der Waals surface area contributed by atoms with Crippen molar-refractivity contribution in [3.63, 3.8) is 0 Å². The lowest BCUT2D eigenvalue weighted by Crippen LogP contribution is -2.26. The van der Waals surface area contributed by atoms with E-state index < -0.39 is 22.8 Å². The van der Waals surface area contributed by atoms with E-state index in [4.69, 9.17) is 4.74 Å². The van der Waals surface area contributed by atoms with Crippen molar-refractivity contribution in [2.24, 2.45) is 0 Å². The molecule has 1 atom stereocenters. The van der Waals surface area contributed by atoms with Crippen molar-refractivity contribution in [2.75, 3.05) is 0 Å². The Morgan fingerprint density at radius 1 is 1.32 bits per heavy atom. The zero-order chi connectivity index (χ0) is 14.2. The second-order valence-corrected chi connectivity index (χ2v) is 6.04. The van der Waals surface area contributed by atoms with Crippen LogP contribution < -0.4 is 0 Å². The summed E-state index contributed by atoms with van der Waals surface area (Å²) in [5, 5.41) is 0.564. The van der Waals surface area contributed by atoms with Crippen molar-refractivity contribution < 1.29 is 18.3 Å². The molecule has 5 nitrogen and oxygen atoms in total. The van der Waals surface area contributed by atoms with Gasteiger partial charge in [-0.2, -0.15) is 0 Å². The van der Waals surface area contributed by atoms with E-state index in [0.29, 0.717) is 10.9 Å². The lowest BCUT2D eigenvalue weighted by molar-refractivity contribution is 0.0544. The lowest BCUT2D eigenvalue weighted by Gasteiger charge is -2.19. The topological polar surface area (TPSA) is 68.5 Å². The smallest absolute Gasteiger partial charge is 0.418 e. The molecule has 0 aliphatic heterocycles. The zero-order valence-electron chi connectivity index (χ0n) is 10.9. The average molecular weight is 281 g/mol. The molecule has 0 spiro atoms. The number of aromatic nitrogens is 1. The molecule has 2 aromatic rings. The van der Waals surface area contributed by atoms with Gasteiger partial charge in [-0.25, -0.2) is 9.00 Å². The zero-order valence-corrected chi connectivity index (χ0v) is 11.7. The van der Waals surface area contributed by atoms with Crippen LogP contribution in [-0.2, 0) is 15.8 Å². The van der Waals surface area contributed by atoms with Crippen molar-refractivity contribution in [3.05, 3.63) is 30.5 Å². The van der Waals surface area contributed by atoms with Crippen LogP contribution in [0.2, 0.25) is 0 Å². The van der Waals surface area contributed by atoms with E-state index in [-0.39, 0.29) is 4.90 Å². The van der Waals surface area contributed by atoms with Crippen molar-refractivity contribution >= 4 is 28.1 Å². The third kappa shape index (κ3) is 2.85. The van der Waals surface area contributed by atoms with Gasteiger partial charge in [0, 0.05) is 11.6 Å². The molecule has 0 bridgehead atoms. The lowest BCUT2D eigenvalue weighted by atomic mass is 10.2. The number of ether oxygens (including phenoxy) is 1. The molecule has 0 amide bonds. The molecular formula is C13H15NO4S. The van der Waals surface area contributed by atoms with Crippen LogP contribution in [0.3, 0.4) is 0 Å². The molecule has 1 aromatic heterocycles. The molecule has 6 heteroatoms. The minimum atomic E-state index is -2.09. The Labute approximate surface area is 113 Å². The highest BCUT2D eigenvalue weighted by Crippen LogP contribution is 2.23. The van der Waals surface area contributed by atoms with Gasteiger partial charge in [-0.05, 0) is 39.0 Å². The molecule has 0 saturated heterocycles. The Bertz CT molecular complexity index is 654. The van der Waals surface area contributed by atoms with Crippen LogP contribution in [0.25, 0.3) is 10.9 Å². The van der Waals surface area contributed by atoms with Gasteiger partial charge in [0.15, 0.2) is 11.1 Å². The predicted octanol–water partition coefficient (Wildman–Crippen LogP) is 3.01. The maximum atomic E-state index is 12.0. The minimum Gasteiger partial charge on any atom is -0.443 e. The van der Waals surface area contributed by atoms with Crippen molar-refractivity contribution in [1.82, 2.24) is 4.57 Å². The van der Waals surface area contributed by atoms with Gasteiger partial charge in [0.05, 0.1) is 10.4 Å². The first-order valence-corrected chi connectivity index (χ1v) is 6.84. The Morgan fingerprint density at radius 3 is 2.58 bits per heavy atom. The van der Waals surface area contributed by atoms with Crippen LogP contribution in [0.15, 0.2) is 35.4 Å². The Balaban J connectivity index is 2.50. The van der Waals surface area contributed by atoms with Crippen LogP contribution in [0.5, 0.6) is 0 Å². The van der Waals surface area contributed by atoms with Gasteiger partial charge in [-0.1, -0.05) is 6.07 Å². The third-order valence-electron chi connectivity index (χ3n) is 2.47. The fourth-order valence-electron chi connectivity index (χ4n) is 1.76. The monoisotopic (exact) mass is 281 g/mol. The molecule has 1 unspecified atom stereocenters. The van der Waals surface area contributed by atoms with Gasteiger partial charge in [0.25, 0.3) is 0 Å². The number of rotatable bonds is 1. The second-order valence-electron chi connectivity index (χ2n) is 5.10. The number of hydrogen-bond acceptors (Lipinski definition) is 3. The first kappa shape index (κ1) is 13.8. The van der Waals surface area contributed by atoms with Gasteiger partial charge in [-0.3, -0.25) is 4.57 Å². The first-order chi connectivity index (χ1) is 8.79. The van der Waals surface area contributed by atoms with Crippen molar-refractivity contribution in [1.29, 1.82) is 0 Å². The molecule has 0 saturated carbocycles. The summed E-state index contributed by atoms with van der Waals surface area (Å²) in [4.78, 5) is 12.3. The Morgan fingerprint density at radius 2 is 2.00 bits per heavy atom. The molecule has 0 aliphatic carbocycles. The van der Waals surface area contributed by atoms with Gasteiger partial charge < -0.3 is 9.29 Å². The largest absolute Gasteiger partial charge is 0.443 e. The molecule has 0 fully saturated rings. The van der Waals surface area contributed by atoms with Crippen LogP contribution in [0, 0.1) is 0 Å². The van der Waals surface area contributed by atoms with E-state index in [0.717, 1.165) is 0 Å².